The van der Waals surface area contributed by atoms with E-state index >= 15 is 0 Å². The van der Waals surface area contributed by atoms with Gasteiger partial charge in [-0.1, -0.05) is 30.3 Å². The molecule has 4 N–H and O–H groups in total. The van der Waals surface area contributed by atoms with Crippen LogP contribution in [0.4, 0.5) is 0 Å². The average molecular weight is 277 g/mol. The Bertz CT molecular complexity index is 486. The van der Waals surface area contributed by atoms with Crippen LogP contribution in [0.25, 0.3) is 0 Å². The van der Waals surface area contributed by atoms with Crippen LogP contribution in [0.1, 0.15) is 19.4 Å². The van der Waals surface area contributed by atoms with Crippen molar-refractivity contribution in [1.29, 1.82) is 0 Å². The molecule has 0 aliphatic carbocycles. The van der Waals surface area contributed by atoms with Crippen molar-refractivity contribution in [2.24, 2.45) is 5.73 Å². The molecule has 0 aliphatic rings. The molecule has 0 heterocycles. The summed E-state index contributed by atoms with van der Waals surface area (Å²) >= 11 is 0. The lowest BCUT2D eigenvalue weighted by Crippen LogP contribution is -2.50. The summed E-state index contributed by atoms with van der Waals surface area (Å²) in [5.74, 6) is -1.43. The molecule has 2 atom stereocenters. The van der Waals surface area contributed by atoms with Crippen molar-refractivity contribution in [3.8, 4) is 0 Å². The third kappa shape index (κ3) is 5.19. The van der Waals surface area contributed by atoms with Gasteiger partial charge in [-0.15, -0.1) is 0 Å². The van der Waals surface area contributed by atoms with Crippen LogP contribution in [-0.4, -0.2) is 29.8 Å². The Morgan fingerprint density at radius 2 is 1.70 bits per heavy atom. The molecule has 0 saturated heterocycles. The second-order valence-corrected chi connectivity index (χ2v) is 4.59. The van der Waals surface area contributed by atoms with Crippen molar-refractivity contribution >= 4 is 17.7 Å². The highest BCUT2D eigenvalue weighted by Crippen LogP contribution is 1.99. The van der Waals surface area contributed by atoms with Gasteiger partial charge in [0, 0.05) is 0 Å². The van der Waals surface area contributed by atoms with E-state index in [-0.39, 0.29) is 12.3 Å². The van der Waals surface area contributed by atoms with Gasteiger partial charge in [0.25, 0.3) is 0 Å². The monoisotopic (exact) mass is 277 g/mol. The molecule has 20 heavy (non-hydrogen) atoms. The first-order valence-corrected chi connectivity index (χ1v) is 6.33. The number of nitrogens with two attached hydrogens (primary N) is 1. The van der Waals surface area contributed by atoms with E-state index in [1.54, 1.807) is 0 Å². The van der Waals surface area contributed by atoms with Gasteiger partial charge in [-0.25, -0.2) is 0 Å². The van der Waals surface area contributed by atoms with E-state index in [4.69, 9.17) is 5.73 Å². The van der Waals surface area contributed by atoms with Crippen LogP contribution in [0.2, 0.25) is 0 Å². The van der Waals surface area contributed by atoms with Crippen LogP contribution in [0.3, 0.4) is 0 Å². The van der Waals surface area contributed by atoms with Gasteiger partial charge >= 0.3 is 0 Å². The van der Waals surface area contributed by atoms with Crippen LogP contribution in [0.15, 0.2) is 30.3 Å². The summed E-state index contributed by atoms with van der Waals surface area (Å²) in [6.07, 6.45) is 0.180. The number of rotatable bonds is 5. The van der Waals surface area contributed by atoms with Crippen molar-refractivity contribution < 1.29 is 14.4 Å². The first-order chi connectivity index (χ1) is 9.40. The standard InChI is InChI=1S/C14H19N3O3/c1-9(15)13(19)17-14(20)10(2)16-12(18)8-11-6-4-3-5-7-11/h3-7,9-10H,8,15H2,1-2H3,(H,16,18)(H,17,19,20)/t9-,10-/m0/s1. The maximum Gasteiger partial charge on any atom is 0.248 e. The van der Waals surface area contributed by atoms with Gasteiger partial charge < -0.3 is 11.1 Å². The number of nitrogens with one attached hydrogen (secondary N) is 2. The van der Waals surface area contributed by atoms with Crippen LogP contribution in [-0.2, 0) is 20.8 Å². The Balaban J connectivity index is 2.45. The zero-order chi connectivity index (χ0) is 15.1. The van der Waals surface area contributed by atoms with Crippen molar-refractivity contribution in [2.45, 2.75) is 32.4 Å². The van der Waals surface area contributed by atoms with Gasteiger partial charge in [0.15, 0.2) is 0 Å². The van der Waals surface area contributed by atoms with E-state index in [1.165, 1.54) is 13.8 Å². The van der Waals surface area contributed by atoms with E-state index in [9.17, 15) is 14.4 Å². The molecule has 0 fully saturated rings. The van der Waals surface area contributed by atoms with Gasteiger partial charge in [0.1, 0.15) is 6.04 Å². The number of amides is 3. The van der Waals surface area contributed by atoms with E-state index in [0.29, 0.717) is 0 Å². The van der Waals surface area contributed by atoms with Crippen LogP contribution >= 0.6 is 0 Å². The lowest BCUT2D eigenvalue weighted by Gasteiger charge is -2.14. The Morgan fingerprint density at radius 3 is 2.25 bits per heavy atom. The average Bonchev–Trinajstić information content (AvgIpc) is 2.39. The second kappa shape index (κ2) is 7.40. The third-order valence-electron chi connectivity index (χ3n) is 2.64. The second-order valence-electron chi connectivity index (χ2n) is 4.59. The SMILES string of the molecule is C[C@H](N)C(=O)NC(=O)[C@H](C)NC(=O)Cc1ccccc1. The fourth-order valence-electron chi connectivity index (χ4n) is 1.48. The number of carbonyl (C=O) groups excluding carboxylic acids is 3. The molecule has 6 nitrogen and oxygen atoms in total. The van der Waals surface area contributed by atoms with E-state index in [1.807, 2.05) is 30.3 Å². The summed E-state index contributed by atoms with van der Waals surface area (Å²) in [6, 6.07) is 7.60. The highest BCUT2D eigenvalue weighted by molar-refractivity contribution is 6.00. The summed E-state index contributed by atoms with van der Waals surface area (Å²) in [5, 5.41) is 4.66. The summed E-state index contributed by atoms with van der Waals surface area (Å²) in [6.45, 7) is 2.98. The van der Waals surface area contributed by atoms with Gasteiger partial charge in [-0.3, -0.25) is 19.7 Å². The summed E-state index contributed by atoms with van der Waals surface area (Å²) in [5.41, 5.74) is 6.19. The number of imide groups is 1. The molecule has 0 bridgehead atoms. The lowest BCUT2D eigenvalue weighted by atomic mass is 10.1. The zero-order valence-corrected chi connectivity index (χ0v) is 11.6. The first-order valence-electron chi connectivity index (χ1n) is 6.33. The van der Waals surface area contributed by atoms with Crippen molar-refractivity contribution in [2.75, 3.05) is 0 Å². The van der Waals surface area contributed by atoms with E-state index in [2.05, 4.69) is 10.6 Å². The molecule has 3 amide bonds. The maximum absolute atomic E-state index is 11.7. The molecule has 108 valence electrons. The van der Waals surface area contributed by atoms with Crippen molar-refractivity contribution in [3.63, 3.8) is 0 Å². The third-order valence-corrected chi connectivity index (χ3v) is 2.64. The van der Waals surface area contributed by atoms with Crippen LogP contribution in [0.5, 0.6) is 0 Å². The normalized spacial score (nSPS) is 13.2. The predicted molar refractivity (Wildman–Crippen MR) is 74.5 cm³/mol. The molecule has 0 unspecified atom stereocenters. The molecule has 0 aromatic heterocycles. The summed E-state index contributed by atoms with van der Waals surface area (Å²) in [4.78, 5) is 34.7. The Morgan fingerprint density at radius 1 is 1.10 bits per heavy atom. The zero-order valence-electron chi connectivity index (χ0n) is 11.6. The van der Waals surface area contributed by atoms with Crippen LogP contribution in [0, 0.1) is 0 Å². The number of carbonyl (C=O) groups is 3. The van der Waals surface area contributed by atoms with Gasteiger partial charge in [0.2, 0.25) is 17.7 Å². The lowest BCUT2D eigenvalue weighted by molar-refractivity contribution is -0.134. The summed E-state index contributed by atoms with van der Waals surface area (Å²) in [7, 11) is 0. The largest absolute Gasteiger partial charge is 0.344 e. The highest BCUT2D eigenvalue weighted by Gasteiger charge is 2.19. The molecule has 0 radical (unpaired) electrons. The molecular formula is C14H19N3O3. The van der Waals surface area contributed by atoms with Crippen molar-refractivity contribution in [1.82, 2.24) is 10.6 Å². The van der Waals surface area contributed by atoms with Gasteiger partial charge in [-0.2, -0.15) is 0 Å². The number of hydrogen-bond acceptors (Lipinski definition) is 4. The van der Waals surface area contributed by atoms with E-state index < -0.39 is 23.9 Å². The minimum Gasteiger partial charge on any atom is -0.344 e. The topological polar surface area (TPSA) is 101 Å². The Hall–Kier alpha value is -2.21. The quantitative estimate of drug-likeness (QED) is 0.689. The Kier molecular flexibility index (Phi) is 5.86. The van der Waals surface area contributed by atoms with Gasteiger partial charge in [0.05, 0.1) is 12.5 Å². The molecule has 1 aromatic rings. The fraction of sp³-hybridized carbons (Fsp3) is 0.357. The maximum atomic E-state index is 11.7. The number of hydrogen-bond donors (Lipinski definition) is 3. The number of benzene rings is 1. The first kappa shape index (κ1) is 15.8. The fourth-order valence-corrected chi connectivity index (χ4v) is 1.48. The van der Waals surface area contributed by atoms with Gasteiger partial charge in [-0.05, 0) is 19.4 Å². The molecule has 0 saturated carbocycles. The minimum absolute atomic E-state index is 0.180. The van der Waals surface area contributed by atoms with Crippen LogP contribution < -0.4 is 16.4 Å². The minimum atomic E-state index is -0.797. The molecule has 0 spiro atoms. The Labute approximate surface area is 117 Å². The molecular weight excluding hydrogens is 258 g/mol. The van der Waals surface area contributed by atoms with Crippen molar-refractivity contribution in [3.05, 3.63) is 35.9 Å². The molecule has 1 aromatic carbocycles. The van der Waals surface area contributed by atoms with E-state index in [0.717, 1.165) is 5.56 Å². The molecule has 1 rings (SSSR count). The predicted octanol–water partition coefficient (Wildman–Crippen LogP) is -0.276. The molecule has 0 aliphatic heterocycles. The highest BCUT2D eigenvalue weighted by atomic mass is 16.2. The molecule has 6 heteroatoms. The summed E-state index contributed by atoms with van der Waals surface area (Å²) < 4.78 is 0. The smallest absolute Gasteiger partial charge is 0.248 e.